The molecule has 0 saturated heterocycles. The molecule has 0 amide bonds. The van der Waals surface area contributed by atoms with Crippen LogP contribution in [0.2, 0.25) is 0 Å². The van der Waals surface area contributed by atoms with E-state index in [9.17, 15) is 0 Å². The van der Waals surface area contributed by atoms with Gasteiger partial charge in [-0.1, -0.05) is 27.2 Å². The second-order valence-corrected chi connectivity index (χ2v) is 3.94. The summed E-state index contributed by atoms with van der Waals surface area (Å²) in [5.74, 6) is 0.966. The Labute approximate surface area is 54.8 Å². The molecule has 8 heavy (non-hydrogen) atoms. The summed E-state index contributed by atoms with van der Waals surface area (Å²) in [6.45, 7) is 6.87. The second-order valence-electron chi connectivity index (χ2n) is 2.32. The van der Waals surface area contributed by atoms with Crippen molar-refractivity contribution in [3.63, 3.8) is 0 Å². The van der Waals surface area contributed by atoms with Gasteiger partial charge < -0.3 is 0 Å². The molecule has 2 atom stereocenters. The molecule has 0 rings (SSSR count). The minimum absolute atomic E-state index is 0.966. The minimum Gasteiger partial charge on any atom is -0.122 e. The van der Waals surface area contributed by atoms with Gasteiger partial charge in [-0.2, -0.15) is 0 Å². The lowest BCUT2D eigenvalue weighted by molar-refractivity contribution is 0.635. The van der Waals surface area contributed by atoms with Crippen LogP contribution >= 0.6 is 8.58 Å². The van der Waals surface area contributed by atoms with Crippen molar-refractivity contribution in [1.29, 1.82) is 0 Å². The molecule has 0 radical (unpaired) electrons. The van der Waals surface area contributed by atoms with Crippen molar-refractivity contribution in [2.24, 2.45) is 5.92 Å². The van der Waals surface area contributed by atoms with E-state index in [0.717, 1.165) is 5.92 Å². The highest BCUT2D eigenvalue weighted by atomic mass is 31.1. The van der Waals surface area contributed by atoms with Crippen LogP contribution in [0.5, 0.6) is 0 Å². The Balaban J connectivity index is 2.86. The molecule has 0 N–H and O–H groups in total. The van der Waals surface area contributed by atoms with E-state index in [2.05, 4.69) is 20.8 Å². The van der Waals surface area contributed by atoms with Crippen molar-refractivity contribution in [3.8, 4) is 0 Å². The summed E-state index contributed by atoms with van der Waals surface area (Å²) in [5, 5.41) is 0. The highest BCUT2D eigenvalue weighted by Gasteiger charge is 1.94. The van der Waals surface area contributed by atoms with Gasteiger partial charge in [-0.15, -0.1) is 8.58 Å². The number of hydrogen-bond acceptors (Lipinski definition) is 0. The molecule has 0 fully saturated rings. The summed E-state index contributed by atoms with van der Waals surface area (Å²) in [7, 11) is 1.20. The fourth-order valence-electron chi connectivity index (χ4n) is 0.535. The van der Waals surface area contributed by atoms with Gasteiger partial charge in [-0.25, -0.2) is 0 Å². The molecule has 1 heteroatoms. The maximum Gasteiger partial charge on any atom is -0.0328 e. The lowest BCUT2D eigenvalue weighted by Gasteiger charge is -2.04. The van der Waals surface area contributed by atoms with E-state index in [1.54, 1.807) is 0 Å². The van der Waals surface area contributed by atoms with E-state index in [1.165, 1.54) is 27.3 Å². The summed E-state index contributed by atoms with van der Waals surface area (Å²) in [5.41, 5.74) is 0. The summed E-state index contributed by atoms with van der Waals surface area (Å²) in [4.78, 5) is 0. The first-order valence-corrected chi connectivity index (χ1v) is 4.93. The largest absolute Gasteiger partial charge is 0.122 e. The molecule has 0 aromatic carbocycles. The van der Waals surface area contributed by atoms with E-state index < -0.39 is 0 Å². The summed E-state index contributed by atoms with van der Waals surface area (Å²) in [6.07, 6.45) is 4.18. The lowest BCUT2D eigenvalue weighted by atomic mass is 10.2. The van der Waals surface area contributed by atoms with Crippen LogP contribution in [0, 0.1) is 5.92 Å². The Bertz CT molecular complexity index is 43.7. The number of rotatable bonds is 4. The van der Waals surface area contributed by atoms with Crippen molar-refractivity contribution >= 4 is 8.58 Å². The van der Waals surface area contributed by atoms with Crippen molar-refractivity contribution in [3.05, 3.63) is 0 Å². The molecule has 0 spiro atoms. The average molecular weight is 132 g/mol. The summed E-state index contributed by atoms with van der Waals surface area (Å²) >= 11 is 0. The standard InChI is InChI=1S/C7H17P/c1-4-7(3)6-8-5-2/h7-8H,4-6H2,1-3H3/t7-/m0/s1. The Morgan fingerprint density at radius 2 is 2.00 bits per heavy atom. The fraction of sp³-hybridized carbons (Fsp3) is 1.00. The molecule has 1 unspecified atom stereocenters. The van der Waals surface area contributed by atoms with Crippen LogP contribution in [0.4, 0.5) is 0 Å². The zero-order valence-electron chi connectivity index (χ0n) is 6.20. The van der Waals surface area contributed by atoms with E-state index >= 15 is 0 Å². The Hall–Kier alpha value is 0.430. The van der Waals surface area contributed by atoms with Gasteiger partial charge in [-0.05, 0) is 18.2 Å². The molecule has 0 aliphatic rings. The van der Waals surface area contributed by atoms with Gasteiger partial charge in [0.15, 0.2) is 0 Å². The van der Waals surface area contributed by atoms with Crippen LogP contribution in [0.1, 0.15) is 27.2 Å². The smallest absolute Gasteiger partial charge is 0.0328 e. The Kier molecular flexibility index (Phi) is 5.86. The predicted molar refractivity (Wildman–Crippen MR) is 43.2 cm³/mol. The quantitative estimate of drug-likeness (QED) is 0.516. The first-order chi connectivity index (χ1) is 3.81. The van der Waals surface area contributed by atoms with Gasteiger partial charge >= 0.3 is 0 Å². The second kappa shape index (κ2) is 5.56. The zero-order chi connectivity index (χ0) is 6.41. The van der Waals surface area contributed by atoms with Crippen molar-refractivity contribution in [2.45, 2.75) is 27.2 Å². The molecule has 0 bridgehead atoms. The van der Waals surface area contributed by atoms with Crippen LogP contribution in [-0.4, -0.2) is 12.3 Å². The SMILES string of the molecule is CCPC[C@@H](C)CC. The highest BCUT2D eigenvalue weighted by Crippen LogP contribution is 2.15. The van der Waals surface area contributed by atoms with Gasteiger partial charge in [-0.3, -0.25) is 0 Å². The van der Waals surface area contributed by atoms with E-state index in [1.807, 2.05) is 0 Å². The van der Waals surface area contributed by atoms with Crippen LogP contribution in [0.15, 0.2) is 0 Å². The summed E-state index contributed by atoms with van der Waals surface area (Å²) < 4.78 is 0. The van der Waals surface area contributed by atoms with E-state index in [-0.39, 0.29) is 0 Å². The van der Waals surface area contributed by atoms with Gasteiger partial charge in [0.25, 0.3) is 0 Å². The maximum atomic E-state index is 2.34. The van der Waals surface area contributed by atoms with Gasteiger partial charge in [0.1, 0.15) is 0 Å². The molecule has 0 nitrogen and oxygen atoms in total. The Morgan fingerprint density at radius 1 is 1.38 bits per heavy atom. The third kappa shape index (κ3) is 4.59. The zero-order valence-corrected chi connectivity index (χ0v) is 7.20. The topological polar surface area (TPSA) is 0 Å². The fourth-order valence-corrected chi connectivity index (χ4v) is 1.61. The molecule has 0 aliphatic carbocycles. The Morgan fingerprint density at radius 3 is 2.38 bits per heavy atom. The molecule has 0 saturated carbocycles. The van der Waals surface area contributed by atoms with Crippen molar-refractivity contribution < 1.29 is 0 Å². The molecule has 50 valence electrons. The molecule has 0 heterocycles. The van der Waals surface area contributed by atoms with Crippen molar-refractivity contribution in [1.82, 2.24) is 0 Å². The minimum atomic E-state index is 0.966. The molecular weight excluding hydrogens is 115 g/mol. The maximum absolute atomic E-state index is 2.34. The third-order valence-corrected chi connectivity index (χ3v) is 2.93. The molecular formula is C7H17P. The number of hydrogen-bond donors (Lipinski definition) is 0. The molecule has 0 aromatic rings. The van der Waals surface area contributed by atoms with Gasteiger partial charge in [0.2, 0.25) is 0 Å². The van der Waals surface area contributed by atoms with Crippen LogP contribution in [0.3, 0.4) is 0 Å². The van der Waals surface area contributed by atoms with Gasteiger partial charge in [0, 0.05) is 0 Å². The molecule has 0 aliphatic heterocycles. The van der Waals surface area contributed by atoms with Crippen LogP contribution in [-0.2, 0) is 0 Å². The first-order valence-electron chi connectivity index (χ1n) is 3.52. The first kappa shape index (κ1) is 8.43. The predicted octanol–water partition coefficient (Wildman–Crippen LogP) is 2.73. The lowest BCUT2D eigenvalue weighted by Crippen LogP contribution is -1.93. The van der Waals surface area contributed by atoms with E-state index in [0.29, 0.717) is 0 Å². The van der Waals surface area contributed by atoms with Crippen LogP contribution in [0.25, 0.3) is 0 Å². The monoisotopic (exact) mass is 132 g/mol. The summed E-state index contributed by atoms with van der Waals surface area (Å²) in [6, 6.07) is 0. The van der Waals surface area contributed by atoms with E-state index in [4.69, 9.17) is 0 Å². The van der Waals surface area contributed by atoms with Gasteiger partial charge in [0.05, 0.1) is 0 Å². The third-order valence-electron chi connectivity index (χ3n) is 1.44. The average Bonchev–Trinajstić information content (AvgIpc) is 1.83. The highest BCUT2D eigenvalue weighted by molar-refractivity contribution is 7.37. The molecule has 0 aromatic heterocycles. The normalized spacial score (nSPS) is 15.4. The van der Waals surface area contributed by atoms with Crippen LogP contribution < -0.4 is 0 Å². The van der Waals surface area contributed by atoms with Crippen molar-refractivity contribution in [2.75, 3.05) is 12.3 Å².